The summed E-state index contributed by atoms with van der Waals surface area (Å²) in [6.45, 7) is 9.71. The third-order valence-corrected chi connectivity index (χ3v) is 4.33. The lowest BCUT2D eigenvalue weighted by Crippen LogP contribution is -2.44. The zero-order valence-corrected chi connectivity index (χ0v) is 8.33. The lowest BCUT2D eigenvalue weighted by Gasteiger charge is -2.53. The van der Waals surface area contributed by atoms with Crippen molar-refractivity contribution in [2.24, 2.45) is 16.2 Å². The highest BCUT2D eigenvalue weighted by Crippen LogP contribution is 2.72. The first-order chi connectivity index (χ1) is 4.87. The van der Waals surface area contributed by atoms with Gasteiger partial charge in [0, 0.05) is 0 Å². The molecule has 0 unspecified atom stereocenters. The molecule has 0 aromatic heterocycles. The van der Waals surface area contributed by atoms with E-state index in [-0.39, 0.29) is 0 Å². The summed E-state index contributed by atoms with van der Waals surface area (Å²) in [5, 5.41) is 0. The van der Waals surface area contributed by atoms with Crippen LogP contribution in [0.3, 0.4) is 0 Å². The van der Waals surface area contributed by atoms with Crippen LogP contribution in [0.25, 0.3) is 0 Å². The highest BCUT2D eigenvalue weighted by atomic mass is 14.7. The molecule has 0 nitrogen and oxygen atoms in total. The largest absolute Gasteiger partial charge is 0.0596 e. The molecular weight excluding hydrogens is 132 g/mol. The summed E-state index contributed by atoms with van der Waals surface area (Å²) in [4.78, 5) is 0. The van der Waals surface area contributed by atoms with Crippen molar-refractivity contribution in [2.75, 3.05) is 0 Å². The summed E-state index contributed by atoms with van der Waals surface area (Å²) < 4.78 is 0. The molecule has 3 rings (SSSR count). The first-order valence-corrected chi connectivity index (χ1v) is 4.87. The standard InChI is InChI=1S/C11H20/c1-9(2,3)11-6-5-10(4,7-11)8-11/h5-8H2,1-4H3. The molecule has 3 saturated carbocycles. The first kappa shape index (κ1) is 7.64. The van der Waals surface area contributed by atoms with E-state index in [9.17, 15) is 0 Å². The van der Waals surface area contributed by atoms with E-state index in [0.29, 0.717) is 5.41 Å². The van der Waals surface area contributed by atoms with Crippen LogP contribution in [0.5, 0.6) is 0 Å². The predicted octanol–water partition coefficient (Wildman–Crippen LogP) is 3.61. The minimum atomic E-state index is 0.559. The molecule has 64 valence electrons. The molecule has 3 aliphatic carbocycles. The van der Waals surface area contributed by atoms with Crippen LogP contribution in [0.4, 0.5) is 0 Å². The summed E-state index contributed by atoms with van der Waals surface area (Å²) in [6, 6.07) is 0. The van der Waals surface area contributed by atoms with Crippen LogP contribution in [0.2, 0.25) is 0 Å². The van der Waals surface area contributed by atoms with Gasteiger partial charge in [-0.1, -0.05) is 27.7 Å². The highest BCUT2D eigenvalue weighted by molar-refractivity contribution is 5.12. The van der Waals surface area contributed by atoms with Crippen LogP contribution in [0.1, 0.15) is 53.4 Å². The van der Waals surface area contributed by atoms with Crippen LogP contribution < -0.4 is 0 Å². The van der Waals surface area contributed by atoms with E-state index in [4.69, 9.17) is 0 Å². The molecule has 3 aliphatic rings. The van der Waals surface area contributed by atoms with Crippen LogP contribution in [0.15, 0.2) is 0 Å². The van der Waals surface area contributed by atoms with E-state index in [2.05, 4.69) is 27.7 Å². The molecule has 0 heterocycles. The highest BCUT2D eigenvalue weighted by Gasteiger charge is 2.62. The van der Waals surface area contributed by atoms with Gasteiger partial charge in [0.25, 0.3) is 0 Å². The van der Waals surface area contributed by atoms with Gasteiger partial charge < -0.3 is 0 Å². The summed E-state index contributed by atoms with van der Waals surface area (Å²) in [5.74, 6) is 0. The fourth-order valence-corrected chi connectivity index (χ4v) is 3.38. The summed E-state index contributed by atoms with van der Waals surface area (Å²) >= 11 is 0. The van der Waals surface area contributed by atoms with E-state index >= 15 is 0 Å². The van der Waals surface area contributed by atoms with Crippen molar-refractivity contribution in [1.29, 1.82) is 0 Å². The molecule has 2 bridgehead atoms. The molecule has 0 amide bonds. The van der Waals surface area contributed by atoms with Crippen LogP contribution in [-0.2, 0) is 0 Å². The summed E-state index contributed by atoms with van der Waals surface area (Å²) in [5.41, 5.74) is 2.05. The molecule has 3 fully saturated rings. The fraction of sp³-hybridized carbons (Fsp3) is 1.00. The van der Waals surface area contributed by atoms with Crippen molar-refractivity contribution in [3.05, 3.63) is 0 Å². The van der Waals surface area contributed by atoms with Crippen molar-refractivity contribution < 1.29 is 0 Å². The molecule has 0 heteroatoms. The Bertz CT molecular complexity index is 177. The Morgan fingerprint density at radius 2 is 1.55 bits per heavy atom. The van der Waals surface area contributed by atoms with Gasteiger partial charge in [0.05, 0.1) is 0 Å². The number of hydrogen-bond acceptors (Lipinski definition) is 0. The summed E-state index contributed by atoms with van der Waals surface area (Å²) in [7, 11) is 0. The molecule has 0 N–H and O–H groups in total. The van der Waals surface area contributed by atoms with Crippen molar-refractivity contribution in [3.63, 3.8) is 0 Å². The number of hydrogen-bond donors (Lipinski definition) is 0. The molecule has 11 heavy (non-hydrogen) atoms. The quantitative estimate of drug-likeness (QED) is 0.497. The van der Waals surface area contributed by atoms with Crippen molar-refractivity contribution in [2.45, 2.75) is 53.4 Å². The third kappa shape index (κ3) is 0.816. The molecular formula is C11H20. The summed E-state index contributed by atoms with van der Waals surface area (Å²) in [6.07, 6.45) is 5.99. The Kier molecular flexibility index (Phi) is 1.16. The maximum Gasteiger partial charge on any atom is -0.0238 e. The molecule has 0 atom stereocenters. The van der Waals surface area contributed by atoms with Crippen molar-refractivity contribution in [3.8, 4) is 0 Å². The van der Waals surface area contributed by atoms with Gasteiger partial charge in [0.2, 0.25) is 0 Å². The number of fused-ring (bicyclic) bond motifs is 1. The average Bonchev–Trinajstić information content (AvgIpc) is 2.16. The van der Waals surface area contributed by atoms with E-state index in [1.54, 1.807) is 0 Å². The molecule has 0 aliphatic heterocycles. The molecule has 0 radical (unpaired) electrons. The van der Waals surface area contributed by atoms with Gasteiger partial charge >= 0.3 is 0 Å². The van der Waals surface area contributed by atoms with E-state index < -0.39 is 0 Å². The third-order valence-electron chi connectivity index (χ3n) is 4.33. The molecule has 0 spiro atoms. The maximum absolute atomic E-state index is 2.46. The Balaban J connectivity index is 2.19. The van der Waals surface area contributed by atoms with Crippen LogP contribution in [-0.4, -0.2) is 0 Å². The van der Waals surface area contributed by atoms with E-state index in [1.165, 1.54) is 25.7 Å². The van der Waals surface area contributed by atoms with Gasteiger partial charge in [-0.3, -0.25) is 0 Å². The zero-order valence-electron chi connectivity index (χ0n) is 8.33. The normalized spacial score (nSPS) is 49.1. The monoisotopic (exact) mass is 152 g/mol. The predicted molar refractivity (Wildman–Crippen MR) is 48.5 cm³/mol. The minimum Gasteiger partial charge on any atom is -0.0596 e. The smallest absolute Gasteiger partial charge is 0.0238 e. The van der Waals surface area contributed by atoms with Gasteiger partial charge in [0.15, 0.2) is 0 Å². The van der Waals surface area contributed by atoms with Gasteiger partial charge in [-0.15, -0.1) is 0 Å². The van der Waals surface area contributed by atoms with E-state index in [1.807, 2.05) is 0 Å². The van der Waals surface area contributed by atoms with Crippen LogP contribution in [0, 0.1) is 16.2 Å². The lowest BCUT2D eigenvalue weighted by molar-refractivity contribution is -0.0362. The van der Waals surface area contributed by atoms with Gasteiger partial charge in [-0.05, 0) is 41.9 Å². The van der Waals surface area contributed by atoms with E-state index in [0.717, 1.165) is 10.8 Å². The van der Waals surface area contributed by atoms with Crippen LogP contribution >= 0.6 is 0 Å². The van der Waals surface area contributed by atoms with Gasteiger partial charge in [0.1, 0.15) is 0 Å². The van der Waals surface area contributed by atoms with Crippen molar-refractivity contribution in [1.82, 2.24) is 0 Å². The Morgan fingerprint density at radius 3 is 1.73 bits per heavy atom. The van der Waals surface area contributed by atoms with Gasteiger partial charge in [-0.25, -0.2) is 0 Å². The average molecular weight is 152 g/mol. The minimum absolute atomic E-state index is 0.559. The SMILES string of the molecule is CC12CCC(C(C)(C)C)(C1)C2. The first-order valence-electron chi connectivity index (χ1n) is 4.87. The second-order valence-corrected chi connectivity index (χ2v) is 6.19. The fourth-order valence-electron chi connectivity index (χ4n) is 3.38. The number of rotatable bonds is 0. The second-order valence-electron chi connectivity index (χ2n) is 6.19. The molecule has 0 aromatic carbocycles. The second kappa shape index (κ2) is 1.67. The maximum atomic E-state index is 2.46. The molecule has 0 saturated heterocycles. The van der Waals surface area contributed by atoms with Crippen molar-refractivity contribution >= 4 is 0 Å². The molecule has 0 aromatic rings. The Labute approximate surface area is 70.4 Å². The zero-order chi connectivity index (χ0) is 8.33. The topological polar surface area (TPSA) is 0 Å². The lowest BCUT2D eigenvalue weighted by atomic mass is 9.51. The Hall–Kier alpha value is 0. The Morgan fingerprint density at radius 1 is 1.00 bits per heavy atom. The van der Waals surface area contributed by atoms with Gasteiger partial charge in [-0.2, -0.15) is 0 Å².